The maximum atomic E-state index is 12.1. The van der Waals surface area contributed by atoms with Gasteiger partial charge in [0.2, 0.25) is 0 Å². The molecule has 0 aromatic carbocycles. The Kier molecular flexibility index (Phi) is 4.70. The minimum atomic E-state index is -1.10. The zero-order valence-electron chi connectivity index (χ0n) is 13.1. The number of aromatic nitrogens is 3. The second-order valence-corrected chi connectivity index (χ2v) is 8.09. The molecule has 0 fully saturated rings. The van der Waals surface area contributed by atoms with Crippen LogP contribution < -0.4 is 4.72 Å². The third kappa shape index (κ3) is 4.06. The maximum Gasteiger partial charge on any atom is 0.137 e. The van der Waals surface area contributed by atoms with Crippen LogP contribution in [0.4, 0.5) is 0 Å². The Morgan fingerprint density at radius 3 is 2.48 bits per heavy atom. The molecule has 0 amide bonds. The second kappa shape index (κ2) is 6.17. The third-order valence-corrected chi connectivity index (χ3v) is 4.77. The summed E-state index contributed by atoms with van der Waals surface area (Å²) in [6.45, 7) is 9.78. The van der Waals surface area contributed by atoms with Gasteiger partial charge >= 0.3 is 0 Å². The van der Waals surface area contributed by atoms with E-state index in [-0.39, 0.29) is 10.8 Å². The molecule has 6 heteroatoms. The lowest BCUT2D eigenvalue weighted by molar-refractivity contribution is 0.531. The van der Waals surface area contributed by atoms with Crippen molar-refractivity contribution in [3.63, 3.8) is 0 Å². The van der Waals surface area contributed by atoms with Crippen LogP contribution in [0.15, 0.2) is 30.9 Å². The first kappa shape index (κ1) is 16.0. The highest BCUT2D eigenvalue weighted by Gasteiger charge is 2.28. The van der Waals surface area contributed by atoms with E-state index in [2.05, 4.69) is 14.7 Å². The summed E-state index contributed by atoms with van der Waals surface area (Å²) in [6.07, 6.45) is 5.48. The molecule has 2 aromatic rings. The monoisotopic (exact) mass is 306 g/mol. The Morgan fingerprint density at radius 2 is 2.00 bits per heavy atom. The topological polar surface area (TPSA) is 65.8 Å². The average molecular weight is 306 g/mol. The molecule has 2 atom stereocenters. The Hall–Kier alpha value is -1.37. The van der Waals surface area contributed by atoms with Crippen molar-refractivity contribution in [2.75, 3.05) is 0 Å². The van der Waals surface area contributed by atoms with Gasteiger partial charge in [-0.3, -0.25) is 4.57 Å². The summed E-state index contributed by atoms with van der Waals surface area (Å²) in [5.74, 6) is 0.823. The number of nitrogens with one attached hydrogen (secondary N) is 1. The molecular weight excluding hydrogens is 284 g/mol. The van der Waals surface area contributed by atoms with E-state index in [4.69, 9.17) is 0 Å². The van der Waals surface area contributed by atoms with E-state index >= 15 is 0 Å². The van der Waals surface area contributed by atoms with E-state index in [9.17, 15) is 4.55 Å². The van der Waals surface area contributed by atoms with Crippen molar-refractivity contribution in [3.8, 4) is 5.82 Å². The second-order valence-electron chi connectivity index (χ2n) is 6.09. The van der Waals surface area contributed by atoms with Crippen LogP contribution in [0.2, 0.25) is 0 Å². The number of aryl methyl sites for hydroxylation is 1. The Labute approximate surface area is 129 Å². The number of hydrogen-bond donors (Lipinski definition) is 1. The predicted octanol–water partition coefficient (Wildman–Crippen LogP) is 2.69. The summed E-state index contributed by atoms with van der Waals surface area (Å²) in [6, 6.07) is 3.92. The number of nitrogens with zero attached hydrogens (tertiary/aromatic N) is 3. The van der Waals surface area contributed by atoms with Crippen LogP contribution in [0.1, 0.15) is 45.0 Å². The minimum Gasteiger partial charge on any atom is -0.598 e. The van der Waals surface area contributed by atoms with Crippen molar-refractivity contribution in [1.82, 2.24) is 19.3 Å². The SMILES string of the molecule is Cc1cn(-c2ccc([C@H](C)N[S@+]([O-])C(C)(C)C)cn2)cn1. The normalized spacial score (nSPS) is 15.0. The molecule has 0 aliphatic rings. The van der Waals surface area contributed by atoms with E-state index in [0.29, 0.717) is 0 Å². The van der Waals surface area contributed by atoms with Crippen LogP contribution in [0.5, 0.6) is 0 Å². The highest BCUT2D eigenvalue weighted by atomic mass is 32.2. The first-order chi connectivity index (χ1) is 9.77. The van der Waals surface area contributed by atoms with Crippen molar-refractivity contribution in [2.24, 2.45) is 0 Å². The molecule has 0 saturated carbocycles. The summed E-state index contributed by atoms with van der Waals surface area (Å²) < 4.78 is 16.8. The van der Waals surface area contributed by atoms with Crippen LogP contribution in [0, 0.1) is 6.92 Å². The molecule has 2 heterocycles. The average Bonchev–Trinajstić information content (AvgIpc) is 2.84. The van der Waals surface area contributed by atoms with Crippen LogP contribution in [0.25, 0.3) is 5.82 Å². The highest BCUT2D eigenvalue weighted by Crippen LogP contribution is 2.19. The largest absolute Gasteiger partial charge is 0.598 e. The molecule has 114 valence electrons. The van der Waals surface area contributed by atoms with E-state index in [0.717, 1.165) is 17.1 Å². The van der Waals surface area contributed by atoms with Gasteiger partial charge in [-0.2, -0.15) is 0 Å². The molecule has 0 bridgehead atoms. The van der Waals surface area contributed by atoms with Crippen molar-refractivity contribution in [1.29, 1.82) is 0 Å². The molecule has 1 N–H and O–H groups in total. The van der Waals surface area contributed by atoms with Crippen LogP contribution in [-0.2, 0) is 11.4 Å². The standard InChI is InChI=1S/C15H22N4OS/c1-11-9-19(10-17-11)14-7-6-13(8-16-14)12(2)18-21(20)15(3,4)5/h6-10,12,18H,1-5H3/t12-,21+/m0/s1. The van der Waals surface area contributed by atoms with Gasteiger partial charge in [0.15, 0.2) is 0 Å². The van der Waals surface area contributed by atoms with Crippen molar-refractivity contribution in [3.05, 3.63) is 42.1 Å². The van der Waals surface area contributed by atoms with Crippen molar-refractivity contribution in [2.45, 2.75) is 45.4 Å². The molecule has 21 heavy (non-hydrogen) atoms. The Bertz CT molecular complexity index is 588. The number of hydrogen-bond acceptors (Lipinski definition) is 4. The smallest absolute Gasteiger partial charge is 0.137 e. The van der Waals surface area contributed by atoms with Gasteiger partial charge in [-0.15, -0.1) is 4.72 Å². The minimum absolute atomic E-state index is 0.0175. The maximum absolute atomic E-state index is 12.1. The molecule has 0 spiro atoms. The molecule has 0 unspecified atom stereocenters. The van der Waals surface area contributed by atoms with Crippen molar-refractivity contribution >= 4 is 11.4 Å². The van der Waals surface area contributed by atoms with Gasteiger partial charge in [-0.1, -0.05) is 6.07 Å². The van der Waals surface area contributed by atoms with E-state index in [1.54, 1.807) is 6.33 Å². The molecule has 2 rings (SSSR count). The van der Waals surface area contributed by atoms with E-state index in [1.807, 2.05) is 63.7 Å². The third-order valence-electron chi connectivity index (χ3n) is 3.09. The zero-order chi connectivity index (χ0) is 15.6. The lowest BCUT2D eigenvalue weighted by Gasteiger charge is -2.26. The van der Waals surface area contributed by atoms with Crippen LogP contribution in [-0.4, -0.2) is 23.8 Å². The van der Waals surface area contributed by atoms with Gasteiger partial charge in [-0.05, 0) is 46.2 Å². The summed E-state index contributed by atoms with van der Waals surface area (Å²) in [7, 11) is 0. The summed E-state index contributed by atoms with van der Waals surface area (Å²) in [5, 5.41) is 0. The van der Waals surface area contributed by atoms with Crippen molar-refractivity contribution < 1.29 is 4.55 Å². The first-order valence-electron chi connectivity index (χ1n) is 6.92. The molecule has 0 aliphatic carbocycles. The zero-order valence-corrected chi connectivity index (χ0v) is 13.9. The number of pyridine rings is 1. The lowest BCUT2D eigenvalue weighted by atomic mass is 10.1. The first-order valence-corrected chi connectivity index (χ1v) is 8.07. The predicted molar refractivity (Wildman–Crippen MR) is 85.5 cm³/mol. The lowest BCUT2D eigenvalue weighted by Crippen LogP contribution is -2.40. The quantitative estimate of drug-likeness (QED) is 0.882. The van der Waals surface area contributed by atoms with Crippen LogP contribution in [0.3, 0.4) is 0 Å². The summed E-state index contributed by atoms with van der Waals surface area (Å²) in [4.78, 5) is 8.62. The Balaban J connectivity index is 2.08. The van der Waals surface area contributed by atoms with E-state index < -0.39 is 11.4 Å². The van der Waals surface area contributed by atoms with Gasteiger partial charge in [0.1, 0.15) is 16.9 Å². The molecular formula is C15H22N4OS. The molecule has 5 nitrogen and oxygen atoms in total. The van der Waals surface area contributed by atoms with Gasteiger partial charge in [-0.25, -0.2) is 9.97 Å². The van der Waals surface area contributed by atoms with E-state index in [1.165, 1.54) is 0 Å². The summed E-state index contributed by atoms with van der Waals surface area (Å²) >= 11 is -1.10. The molecule has 2 aromatic heterocycles. The number of imidazole rings is 1. The van der Waals surface area contributed by atoms with Gasteiger partial charge in [0, 0.05) is 23.8 Å². The molecule has 0 radical (unpaired) electrons. The Morgan fingerprint density at radius 1 is 1.29 bits per heavy atom. The number of rotatable bonds is 4. The highest BCUT2D eigenvalue weighted by molar-refractivity contribution is 7.90. The van der Waals surface area contributed by atoms with Crippen LogP contribution >= 0.6 is 0 Å². The molecule has 0 aliphatic heterocycles. The molecule has 0 saturated heterocycles. The van der Waals surface area contributed by atoms with Gasteiger partial charge in [0.25, 0.3) is 0 Å². The fourth-order valence-corrected chi connectivity index (χ4v) is 2.57. The fourth-order valence-electron chi connectivity index (χ4n) is 1.76. The summed E-state index contributed by atoms with van der Waals surface area (Å²) in [5.41, 5.74) is 1.96. The van der Waals surface area contributed by atoms with Gasteiger partial charge < -0.3 is 4.55 Å². The fraction of sp³-hybridized carbons (Fsp3) is 0.467. The van der Waals surface area contributed by atoms with Gasteiger partial charge in [0.05, 0.1) is 11.7 Å².